The maximum atomic E-state index is 12.0. The molecule has 18 heavy (non-hydrogen) atoms. The van der Waals surface area contributed by atoms with Gasteiger partial charge in [-0.2, -0.15) is 4.99 Å². The Kier molecular flexibility index (Phi) is 4.22. The maximum absolute atomic E-state index is 12.0. The molecule has 1 saturated carbocycles. The molecule has 2 N–H and O–H groups in total. The summed E-state index contributed by atoms with van der Waals surface area (Å²) in [6.45, 7) is 1.12. The number of hydrogen-bond donors (Lipinski definition) is 1. The normalized spacial score (nSPS) is 23.9. The molecule has 1 aliphatic heterocycles. The van der Waals surface area contributed by atoms with Crippen LogP contribution in [0.1, 0.15) is 44.9 Å². The number of ether oxygens (including phenoxy) is 1. The molecule has 2 amide bonds. The first-order valence-corrected chi connectivity index (χ1v) is 6.86. The number of methoxy groups -OCH3 is 1. The standard InChI is InChI=1S/C13H23N3O2/c1-18-10-9-16-12(17)15-11(14)13(16)7-5-3-2-4-6-8-13/h2-10H2,1H3,(H2,14,15,17). The van der Waals surface area contributed by atoms with E-state index < -0.39 is 0 Å². The molecule has 1 heterocycles. The predicted molar refractivity (Wildman–Crippen MR) is 70.7 cm³/mol. The van der Waals surface area contributed by atoms with Crippen LogP contribution in [0.5, 0.6) is 0 Å². The molecule has 0 atom stereocenters. The van der Waals surface area contributed by atoms with Crippen LogP contribution in [0.2, 0.25) is 0 Å². The highest BCUT2D eigenvalue weighted by atomic mass is 16.5. The number of nitrogens with zero attached hydrogens (tertiary/aromatic N) is 2. The Bertz CT molecular complexity index is 333. The lowest BCUT2D eigenvalue weighted by Gasteiger charge is -2.39. The van der Waals surface area contributed by atoms with Crippen molar-refractivity contribution in [1.82, 2.24) is 4.90 Å². The summed E-state index contributed by atoms with van der Waals surface area (Å²) in [5.41, 5.74) is 5.74. The molecular weight excluding hydrogens is 230 g/mol. The second-order valence-electron chi connectivity index (χ2n) is 5.22. The van der Waals surface area contributed by atoms with Crippen molar-refractivity contribution in [3.63, 3.8) is 0 Å². The summed E-state index contributed by atoms with van der Waals surface area (Å²) >= 11 is 0. The van der Waals surface area contributed by atoms with E-state index in [1.54, 1.807) is 7.11 Å². The number of rotatable bonds is 3. The Morgan fingerprint density at radius 1 is 1.28 bits per heavy atom. The van der Waals surface area contributed by atoms with Gasteiger partial charge in [0.15, 0.2) is 0 Å². The third-order valence-corrected chi connectivity index (χ3v) is 4.14. The first-order valence-electron chi connectivity index (χ1n) is 6.86. The summed E-state index contributed by atoms with van der Waals surface area (Å²) in [6.07, 6.45) is 7.86. The SMILES string of the molecule is COCCN1C(=O)N=C(N)C12CCCCCCC2. The van der Waals surface area contributed by atoms with Gasteiger partial charge in [0.05, 0.1) is 6.61 Å². The number of urea groups is 1. The Labute approximate surface area is 108 Å². The number of carbonyl (C=O) groups is 1. The Morgan fingerprint density at radius 2 is 1.89 bits per heavy atom. The van der Waals surface area contributed by atoms with Crippen molar-refractivity contribution in [3.8, 4) is 0 Å². The molecule has 2 rings (SSSR count). The lowest BCUT2D eigenvalue weighted by atomic mass is 9.82. The van der Waals surface area contributed by atoms with Gasteiger partial charge in [0.1, 0.15) is 11.4 Å². The van der Waals surface area contributed by atoms with Gasteiger partial charge in [-0.1, -0.05) is 32.1 Å². The minimum Gasteiger partial charge on any atom is -0.385 e. The summed E-state index contributed by atoms with van der Waals surface area (Å²) in [4.78, 5) is 17.8. The quantitative estimate of drug-likeness (QED) is 0.835. The fourth-order valence-corrected chi connectivity index (χ4v) is 3.10. The Morgan fingerprint density at radius 3 is 2.50 bits per heavy atom. The second-order valence-corrected chi connectivity index (χ2v) is 5.22. The fraction of sp³-hybridized carbons (Fsp3) is 0.846. The van der Waals surface area contributed by atoms with Gasteiger partial charge in [0, 0.05) is 13.7 Å². The minimum atomic E-state index is -0.323. The Balaban J connectivity index is 2.18. The van der Waals surface area contributed by atoms with Crippen molar-refractivity contribution < 1.29 is 9.53 Å². The lowest BCUT2D eigenvalue weighted by molar-refractivity contribution is 0.110. The van der Waals surface area contributed by atoms with Crippen LogP contribution in [0.25, 0.3) is 0 Å². The fourth-order valence-electron chi connectivity index (χ4n) is 3.10. The summed E-state index contributed by atoms with van der Waals surface area (Å²) in [5, 5.41) is 0. The molecular formula is C13H23N3O2. The van der Waals surface area contributed by atoms with Gasteiger partial charge < -0.3 is 15.4 Å². The number of amides is 2. The molecule has 1 fully saturated rings. The van der Waals surface area contributed by atoms with E-state index in [4.69, 9.17) is 10.5 Å². The van der Waals surface area contributed by atoms with Crippen LogP contribution < -0.4 is 5.73 Å². The topological polar surface area (TPSA) is 67.9 Å². The van der Waals surface area contributed by atoms with Gasteiger partial charge in [-0.05, 0) is 12.8 Å². The summed E-state index contributed by atoms with van der Waals surface area (Å²) in [6, 6.07) is -0.190. The van der Waals surface area contributed by atoms with Crippen molar-refractivity contribution in [1.29, 1.82) is 0 Å². The van der Waals surface area contributed by atoms with E-state index in [1.165, 1.54) is 19.3 Å². The number of amidine groups is 1. The molecule has 0 bridgehead atoms. The van der Waals surface area contributed by atoms with Crippen molar-refractivity contribution >= 4 is 11.9 Å². The molecule has 1 aliphatic carbocycles. The highest BCUT2D eigenvalue weighted by molar-refractivity contribution is 6.05. The third-order valence-electron chi connectivity index (χ3n) is 4.14. The molecule has 0 aromatic heterocycles. The van der Waals surface area contributed by atoms with E-state index in [1.807, 2.05) is 4.90 Å². The predicted octanol–water partition coefficient (Wildman–Crippen LogP) is 1.91. The van der Waals surface area contributed by atoms with E-state index in [2.05, 4.69) is 4.99 Å². The van der Waals surface area contributed by atoms with E-state index in [0.717, 1.165) is 25.7 Å². The van der Waals surface area contributed by atoms with Crippen LogP contribution in [-0.2, 0) is 4.74 Å². The van der Waals surface area contributed by atoms with Crippen molar-refractivity contribution in [2.24, 2.45) is 10.7 Å². The number of aliphatic imine (C=N–C) groups is 1. The summed E-state index contributed by atoms with van der Waals surface area (Å²) in [5.74, 6) is 0.519. The molecule has 102 valence electrons. The van der Waals surface area contributed by atoms with E-state index in [9.17, 15) is 4.79 Å². The zero-order valence-electron chi connectivity index (χ0n) is 11.2. The van der Waals surface area contributed by atoms with Gasteiger partial charge in [0.2, 0.25) is 0 Å². The number of nitrogens with two attached hydrogens (primary N) is 1. The summed E-state index contributed by atoms with van der Waals surface area (Å²) in [7, 11) is 1.65. The first-order chi connectivity index (χ1) is 8.70. The average Bonchev–Trinajstić information content (AvgIpc) is 2.54. The molecule has 5 heteroatoms. The van der Waals surface area contributed by atoms with E-state index >= 15 is 0 Å². The van der Waals surface area contributed by atoms with Gasteiger partial charge in [-0.15, -0.1) is 0 Å². The van der Waals surface area contributed by atoms with Crippen molar-refractivity contribution in [2.75, 3.05) is 20.3 Å². The molecule has 5 nitrogen and oxygen atoms in total. The van der Waals surface area contributed by atoms with Crippen LogP contribution in [0.3, 0.4) is 0 Å². The average molecular weight is 253 g/mol. The number of carbonyl (C=O) groups excluding carboxylic acids is 1. The molecule has 0 unspecified atom stereocenters. The maximum Gasteiger partial charge on any atom is 0.346 e. The third kappa shape index (κ3) is 2.36. The Hall–Kier alpha value is -1.10. The lowest BCUT2D eigenvalue weighted by Crippen LogP contribution is -2.55. The first kappa shape index (κ1) is 13.3. The zero-order chi connectivity index (χ0) is 13.0. The van der Waals surface area contributed by atoms with Crippen LogP contribution in [0, 0.1) is 0 Å². The van der Waals surface area contributed by atoms with Crippen molar-refractivity contribution in [3.05, 3.63) is 0 Å². The molecule has 0 aromatic carbocycles. The highest BCUT2D eigenvalue weighted by Gasteiger charge is 2.47. The molecule has 0 aromatic rings. The largest absolute Gasteiger partial charge is 0.385 e. The smallest absolute Gasteiger partial charge is 0.346 e. The minimum absolute atomic E-state index is 0.190. The highest BCUT2D eigenvalue weighted by Crippen LogP contribution is 2.35. The zero-order valence-corrected chi connectivity index (χ0v) is 11.2. The van der Waals surface area contributed by atoms with E-state index in [0.29, 0.717) is 19.0 Å². The van der Waals surface area contributed by atoms with Gasteiger partial charge in [-0.3, -0.25) is 0 Å². The molecule has 0 saturated heterocycles. The van der Waals surface area contributed by atoms with Crippen LogP contribution in [-0.4, -0.2) is 42.6 Å². The van der Waals surface area contributed by atoms with Crippen LogP contribution >= 0.6 is 0 Å². The number of hydrogen-bond acceptors (Lipinski definition) is 3. The van der Waals surface area contributed by atoms with E-state index in [-0.39, 0.29) is 11.6 Å². The van der Waals surface area contributed by atoms with Crippen molar-refractivity contribution in [2.45, 2.75) is 50.5 Å². The monoisotopic (exact) mass is 253 g/mol. The second kappa shape index (κ2) is 5.69. The van der Waals surface area contributed by atoms with Gasteiger partial charge in [0.25, 0.3) is 0 Å². The van der Waals surface area contributed by atoms with Crippen LogP contribution in [0.15, 0.2) is 4.99 Å². The van der Waals surface area contributed by atoms with Gasteiger partial charge in [-0.25, -0.2) is 4.79 Å². The molecule has 0 radical (unpaired) electrons. The summed E-state index contributed by atoms with van der Waals surface area (Å²) < 4.78 is 5.09. The molecule has 1 spiro atoms. The van der Waals surface area contributed by atoms with Gasteiger partial charge >= 0.3 is 6.03 Å². The van der Waals surface area contributed by atoms with Crippen LogP contribution in [0.4, 0.5) is 4.79 Å². The molecule has 2 aliphatic rings.